The molecule has 0 radical (unpaired) electrons. The standard InChI is InChI=1S/C12H9N3O2/c1-7-10(14-15-11(7)12(16)17)9-4-2-3-8(5-9)6-13/h2-5H,1H3,(H,14,15)(H,16,17). The van der Waals surface area contributed by atoms with Crippen molar-refractivity contribution in [2.75, 3.05) is 0 Å². The summed E-state index contributed by atoms with van der Waals surface area (Å²) < 4.78 is 0. The van der Waals surface area contributed by atoms with E-state index in [-0.39, 0.29) is 5.69 Å². The summed E-state index contributed by atoms with van der Waals surface area (Å²) in [6, 6.07) is 8.92. The van der Waals surface area contributed by atoms with Crippen molar-refractivity contribution in [3.05, 3.63) is 41.1 Å². The van der Waals surface area contributed by atoms with Gasteiger partial charge in [-0.3, -0.25) is 5.10 Å². The number of carboxylic acids is 1. The molecule has 0 aliphatic carbocycles. The molecule has 0 bridgehead atoms. The number of H-pyrrole nitrogens is 1. The third-order valence-electron chi connectivity index (χ3n) is 2.49. The van der Waals surface area contributed by atoms with Gasteiger partial charge in [0.05, 0.1) is 17.3 Å². The van der Waals surface area contributed by atoms with E-state index in [1.54, 1.807) is 31.2 Å². The zero-order valence-corrected chi connectivity index (χ0v) is 9.06. The number of carbonyl (C=O) groups is 1. The first-order chi connectivity index (χ1) is 8.13. The molecule has 2 N–H and O–H groups in total. The maximum Gasteiger partial charge on any atom is 0.354 e. The van der Waals surface area contributed by atoms with Gasteiger partial charge in [0.2, 0.25) is 0 Å². The first kappa shape index (κ1) is 10.9. The largest absolute Gasteiger partial charge is 0.477 e. The van der Waals surface area contributed by atoms with Crippen LogP contribution in [0, 0.1) is 18.3 Å². The zero-order chi connectivity index (χ0) is 12.4. The lowest BCUT2D eigenvalue weighted by atomic mass is 10.0. The molecule has 0 unspecified atom stereocenters. The Kier molecular flexibility index (Phi) is 2.63. The summed E-state index contributed by atoms with van der Waals surface area (Å²) in [5, 5.41) is 24.1. The Morgan fingerprint density at radius 2 is 2.29 bits per heavy atom. The molecule has 2 rings (SSSR count). The Labute approximate surface area is 97.3 Å². The van der Waals surface area contributed by atoms with Gasteiger partial charge in [-0.1, -0.05) is 12.1 Å². The van der Waals surface area contributed by atoms with Crippen LogP contribution in [0.25, 0.3) is 11.3 Å². The summed E-state index contributed by atoms with van der Waals surface area (Å²) >= 11 is 0. The molecule has 5 nitrogen and oxygen atoms in total. The second-order valence-electron chi connectivity index (χ2n) is 3.57. The third-order valence-corrected chi connectivity index (χ3v) is 2.49. The molecule has 2 aromatic rings. The van der Waals surface area contributed by atoms with E-state index in [1.165, 1.54) is 0 Å². The van der Waals surface area contributed by atoms with Gasteiger partial charge >= 0.3 is 5.97 Å². The lowest BCUT2D eigenvalue weighted by molar-refractivity contribution is 0.0689. The summed E-state index contributed by atoms with van der Waals surface area (Å²) in [5.74, 6) is -1.04. The minimum atomic E-state index is -1.04. The van der Waals surface area contributed by atoms with E-state index in [1.807, 2.05) is 6.07 Å². The van der Waals surface area contributed by atoms with Gasteiger partial charge < -0.3 is 5.11 Å². The van der Waals surface area contributed by atoms with Crippen LogP contribution in [0.15, 0.2) is 24.3 Å². The van der Waals surface area contributed by atoms with Crippen LogP contribution in [0.1, 0.15) is 21.6 Å². The molecule has 1 aromatic heterocycles. The van der Waals surface area contributed by atoms with Gasteiger partial charge in [-0.05, 0) is 19.1 Å². The Morgan fingerprint density at radius 3 is 2.88 bits per heavy atom. The van der Waals surface area contributed by atoms with E-state index in [9.17, 15) is 4.79 Å². The number of aromatic nitrogens is 2. The van der Waals surface area contributed by atoms with E-state index in [4.69, 9.17) is 10.4 Å². The minimum absolute atomic E-state index is 0.0716. The van der Waals surface area contributed by atoms with Crippen molar-refractivity contribution in [2.45, 2.75) is 6.92 Å². The van der Waals surface area contributed by atoms with Gasteiger partial charge in [-0.2, -0.15) is 10.4 Å². The molecule has 1 aromatic carbocycles. The summed E-state index contributed by atoms with van der Waals surface area (Å²) in [6.07, 6.45) is 0. The SMILES string of the molecule is Cc1c(-c2cccc(C#N)c2)n[nH]c1C(=O)O. The fourth-order valence-electron chi connectivity index (χ4n) is 1.62. The molecule has 0 aliphatic heterocycles. The molecule has 0 amide bonds. The monoisotopic (exact) mass is 227 g/mol. The van der Waals surface area contributed by atoms with Gasteiger partial charge in [0, 0.05) is 11.1 Å². The molecule has 5 heteroatoms. The summed E-state index contributed by atoms with van der Waals surface area (Å²) in [6.45, 7) is 1.68. The molecule has 0 saturated carbocycles. The van der Waals surface area contributed by atoms with Crippen LogP contribution in [0.3, 0.4) is 0 Å². The first-order valence-electron chi connectivity index (χ1n) is 4.92. The van der Waals surface area contributed by atoms with Crippen molar-refractivity contribution in [3.63, 3.8) is 0 Å². The highest BCUT2D eigenvalue weighted by Gasteiger charge is 2.15. The Hall–Kier alpha value is -2.61. The van der Waals surface area contributed by atoms with Gasteiger partial charge in [-0.25, -0.2) is 4.79 Å². The van der Waals surface area contributed by atoms with E-state index in [2.05, 4.69) is 10.2 Å². The first-order valence-corrected chi connectivity index (χ1v) is 4.92. The van der Waals surface area contributed by atoms with Crippen LogP contribution in [-0.2, 0) is 0 Å². The fourth-order valence-corrected chi connectivity index (χ4v) is 1.62. The predicted molar refractivity (Wildman–Crippen MR) is 60.4 cm³/mol. The number of nitrogens with zero attached hydrogens (tertiary/aromatic N) is 2. The molecule has 0 aliphatic rings. The van der Waals surface area contributed by atoms with E-state index >= 15 is 0 Å². The Balaban J connectivity index is 2.54. The predicted octanol–water partition coefficient (Wildman–Crippen LogP) is 1.95. The van der Waals surface area contributed by atoms with Crippen LogP contribution in [0.5, 0.6) is 0 Å². The number of benzene rings is 1. The van der Waals surface area contributed by atoms with Crippen LogP contribution >= 0.6 is 0 Å². The number of aromatic amines is 1. The highest BCUT2D eigenvalue weighted by atomic mass is 16.4. The average Bonchev–Trinajstić information content (AvgIpc) is 2.71. The molecule has 0 fully saturated rings. The van der Waals surface area contributed by atoms with E-state index < -0.39 is 5.97 Å². The van der Waals surface area contributed by atoms with Crippen LogP contribution in [-0.4, -0.2) is 21.3 Å². The molecule has 17 heavy (non-hydrogen) atoms. The van der Waals surface area contributed by atoms with Crippen LogP contribution in [0.2, 0.25) is 0 Å². The lowest BCUT2D eigenvalue weighted by Crippen LogP contribution is -1.98. The van der Waals surface area contributed by atoms with Gasteiger partial charge in [0.15, 0.2) is 0 Å². The third kappa shape index (κ3) is 1.88. The quantitative estimate of drug-likeness (QED) is 0.820. The van der Waals surface area contributed by atoms with Crippen molar-refractivity contribution in [3.8, 4) is 17.3 Å². The Morgan fingerprint density at radius 1 is 1.53 bits per heavy atom. The Bertz CT molecular complexity index is 623. The van der Waals surface area contributed by atoms with Crippen LogP contribution in [0.4, 0.5) is 0 Å². The molecule has 0 atom stereocenters. The smallest absolute Gasteiger partial charge is 0.354 e. The van der Waals surface area contributed by atoms with E-state index in [0.29, 0.717) is 16.8 Å². The molecule has 84 valence electrons. The average molecular weight is 227 g/mol. The van der Waals surface area contributed by atoms with Crippen molar-refractivity contribution in [1.29, 1.82) is 5.26 Å². The second-order valence-corrected chi connectivity index (χ2v) is 3.57. The van der Waals surface area contributed by atoms with Crippen molar-refractivity contribution < 1.29 is 9.90 Å². The number of aromatic carboxylic acids is 1. The number of nitriles is 1. The number of rotatable bonds is 2. The summed E-state index contributed by atoms with van der Waals surface area (Å²) in [4.78, 5) is 10.9. The van der Waals surface area contributed by atoms with Crippen LogP contribution < -0.4 is 0 Å². The molecule has 0 saturated heterocycles. The lowest BCUT2D eigenvalue weighted by Gasteiger charge is -1.99. The van der Waals surface area contributed by atoms with E-state index in [0.717, 1.165) is 5.56 Å². The fraction of sp³-hybridized carbons (Fsp3) is 0.0833. The molecular formula is C12H9N3O2. The summed E-state index contributed by atoms with van der Waals surface area (Å²) in [7, 11) is 0. The number of nitrogens with one attached hydrogen (secondary N) is 1. The second kappa shape index (κ2) is 4.10. The zero-order valence-electron chi connectivity index (χ0n) is 9.06. The highest BCUT2D eigenvalue weighted by Crippen LogP contribution is 2.23. The maximum absolute atomic E-state index is 10.9. The highest BCUT2D eigenvalue weighted by molar-refractivity contribution is 5.89. The van der Waals surface area contributed by atoms with Crippen molar-refractivity contribution in [1.82, 2.24) is 10.2 Å². The molecule has 1 heterocycles. The van der Waals surface area contributed by atoms with Gasteiger partial charge in [0.1, 0.15) is 5.69 Å². The van der Waals surface area contributed by atoms with Gasteiger partial charge in [-0.15, -0.1) is 0 Å². The topological polar surface area (TPSA) is 89.8 Å². The molecule has 0 spiro atoms. The normalized spacial score (nSPS) is 9.88. The number of carboxylic acid groups (broad SMARTS) is 1. The van der Waals surface area contributed by atoms with Crippen molar-refractivity contribution >= 4 is 5.97 Å². The summed E-state index contributed by atoms with van der Waals surface area (Å²) in [5.41, 5.74) is 2.43. The van der Waals surface area contributed by atoms with Gasteiger partial charge in [0.25, 0.3) is 0 Å². The number of hydrogen-bond acceptors (Lipinski definition) is 3. The number of hydrogen-bond donors (Lipinski definition) is 2. The molecular weight excluding hydrogens is 218 g/mol. The maximum atomic E-state index is 10.9. The van der Waals surface area contributed by atoms with Crippen molar-refractivity contribution in [2.24, 2.45) is 0 Å². The minimum Gasteiger partial charge on any atom is -0.477 e.